The number of carboxylic acids is 1. The maximum absolute atomic E-state index is 13.4. The van der Waals surface area contributed by atoms with E-state index in [-0.39, 0.29) is 17.9 Å². The Kier molecular flexibility index (Phi) is 5.67. The minimum absolute atomic E-state index is 0.0885. The van der Waals surface area contributed by atoms with Crippen LogP contribution in [0.2, 0.25) is 0 Å². The second kappa shape index (κ2) is 8.37. The van der Waals surface area contributed by atoms with Crippen molar-refractivity contribution in [2.75, 3.05) is 19.7 Å². The van der Waals surface area contributed by atoms with Gasteiger partial charge in [-0.2, -0.15) is 0 Å². The molecule has 0 saturated carbocycles. The topological polar surface area (TPSA) is 66.8 Å². The number of likely N-dealkylation sites (tertiary alicyclic amines) is 1. The summed E-state index contributed by atoms with van der Waals surface area (Å²) in [4.78, 5) is 27.4. The molecule has 5 nitrogen and oxygen atoms in total. The van der Waals surface area contributed by atoms with Gasteiger partial charge in [0.2, 0.25) is 5.91 Å². The number of ether oxygens (including phenoxy) is 1. The quantitative estimate of drug-likeness (QED) is 0.858. The first-order valence-electron chi connectivity index (χ1n) is 10.4. The number of nitrogens with zero attached hydrogens (tertiary/aromatic N) is 1. The molecule has 0 spiro atoms. The fourth-order valence-corrected chi connectivity index (χ4v) is 4.73. The Balaban J connectivity index is 1.50. The summed E-state index contributed by atoms with van der Waals surface area (Å²) in [7, 11) is 0. The summed E-state index contributed by atoms with van der Waals surface area (Å²) in [5.74, 6) is -0.926. The number of carbonyl (C=O) groups is 2. The second-order valence-corrected chi connectivity index (χ2v) is 8.03. The molecule has 1 amide bonds. The highest BCUT2D eigenvalue weighted by molar-refractivity contribution is 5.83. The molecule has 2 atom stereocenters. The second-order valence-electron chi connectivity index (χ2n) is 8.03. The van der Waals surface area contributed by atoms with Crippen molar-refractivity contribution < 1.29 is 19.4 Å². The summed E-state index contributed by atoms with van der Waals surface area (Å²) >= 11 is 0. The Bertz CT molecular complexity index is 844. The van der Waals surface area contributed by atoms with Crippen LogP contribution in [0.25, 0.3) is 0 Å². The van der Waals surface area contributed by atoms with Gasteiger partial charge in [-0.3, -0.25) is 9.59 Å². The molecule has 0 radical (unpaired) electrons. The Hall–Kier alpha value is -2.66. The molecule has 2 aliphatic heterocycles. The lowest BCUT2D eigenvalue weighted by atomic mass is 9.72. The van der Waals surface area contributed by atoms with Crippen LogP contribution in [0.4, 0.5) is 0 Å². The highest BCUT2D eigenvalue weighted by Crippen LogP contribution is 2.39. The van der Waals surface area contributed by atoms with Crippen molar-refractivity contribution in [2.45, 2.75) is 37.2 Å². The third kappa shape index (κ3) is 3.79. The summed E-state index contributed by atoms with van der Waals surface area (Å²) in [6.07, 6.45) is 2.32. The van der Waals surface area contributed by atoms with Gasteiger partial charge >= 0.3 is 5.97 Å². The molecule has 2 aromatic rings. The van der Waals surface area contributed by atoms with Crippen molar-refractivity contribution in [1.82, 2.24) is 4.90 Å². The van der Waals surface area contributed by atoms with Gasteiger partial charge in [0.15, 0.2) is 0 Å². The van der Waals surface area contributed by atoms with E-state index in [0.717, 1.165) is 24.0 Å². The van der Waals surface area contributed by atoms with Crippen LogP contribution in [0.3, 0.4) is 0 Å². The average molecular weight is 393 g/mol. The SMILES string of the molecule is O=C(C1CCCOC1c1ccccc1)N1CCC(C(=O)O)(c2ccccc2)CC1. The van der Waals surface area contributed by atoms with Gasteiger partial charge in [0.05, 0.1) is 17.4 Å². The summed E-state index contributed by atoms with van der Waals surface area (Å²) in [6.45, 7) is 1.58. The number of piperidine rings is 1. The van der Waals surface area contributed by atoms with E-state index in [4.69, 9.17) is 4.74 Å². The molecule has 2 fully saturated rings. The molecule has 2 aromatic carbocycles. The van der Waals surface area contributed by atoms with Crippen molar-refractivity contribution >= 4 is 11.9 Å². The van der Waals surface area contributed by atoms with E-state index in [1.54, 1.807) is 0 Å². The molecule has 2 saturated heterocycles. The predicted molar refractivity (Wildman–Crippen MR) is 109 cm³/mol. The molecule has 152 valence electrons. The maximum Gasteiger partial charge on any atom is 0.314 e. The van der Waals surface area contributed by atoms with Crippen LogP contribution >= 0.6 is 0 Å². The van der Waals surface area contributed by atoms with Crippen molar-refractivity contribution in [3.05, 3.63) is 71.8 Å². The van der Waals surface area contributed by atoms with Crippen LogP contribution in [0, 0.1) is 5.92 Å². The molecule has 0 aliphatic carbocycles. The monoisotopic (exact) mass is 393 g/mol. The van der Waals surface area contributed by atoms with Crippen LogP contribution in [0.15, 0.2) is 60.7 Å². The summed E-state index contributed by atoms with van der Waals surface area (Å²) in [6, 6.07) is 19.3. The van der Waals surface area contributed by atoms with Crippen LogP contribution in [-0.4, -0.2) is 41.6 Å². The number of hydrogen-bond donors (Lipinski definition) is 1. The van der Waals surface area contributed by atoms with E-state index in [1.807, 2.05) is 65.6 Å². The van der Waals surface area contributed by atoms with Gasteiger partial charge in [-0.1, -0.05) is 60.7 Å². The van der Waals surface area contributed by atoms with Crippen LogP contribution in [0.1, 0.15) is 42.9 Å². The Morgan fingerprint density at radius 3 is 2.21 bits per heavy atom. The van der Waals surface area contributed by atoms with Crippen LogP contribution in [0.5, 0.6) is 0 Å². The van der Waals surface area contributed by atoms with Gasteiger partial charge in [0, 0.05) is 19.7 Å². The fourth-order valence-electron chi connectivity index (χ4n) is 4.73. The fraction of sp³-hybridized carbons (Fsp3) is 0.417. The Morgan fingerprint density at radius 2 is 1.59 bits per heavy atom. The van der Waals surface area contributed by atoms with E-state index < -0.39 is 11.4 Å². The van der Waals surface area contributed by atoms with Crippen LogP contribution < -0.4 is 0 Å². The third-order valence-corrected chi connectivity index (χ3v) is 6.43. The lowest BCUT2D eigenvalue weighted by molar-refractivity contribution is -0.153. The van der Waals surface area contributed by atoms with Crippen molar-refractivity contribution in [1.29, 1.82) is 0 Å². The minimum Gasteiger partial charge on any atom is -0.481 e. The van der Waals surface area contributed by atoms with Crippen molar-refractivity contribution in [2.24, 2.45) is 5.92 Å². The van der Waals surface area contributed by atoms with E-state index in [2.05, 4.69) is 0 Å². The first kappa shape index (κ1) is 19.6. The molecular weight excluding hydrogens is 366 g/mol. The largest absolute Gasteiger partial charge is 0.481 e. The smallest absolute Gasteiger partial charge is 0.314 e. The number of rotatable bonds is 4. The number of hydrogen-bond acceptors (Lipinski definition) is 3. The highest BCUT2D eigenvalue weighted by atomic mass is 16.5. The zero-order valence-corrected chi connectivity index (χ0v) is 16.5. The molecule has 2 aliphatic rings. The average Bonchev–Trinajstić information content (AvgIpc) is 2.79. The zero-order valence-electron chi connectivity index (χ0n) is 16.5. The number of carboxylic acid groups (broad SMARTS) is 1. The lowest BCUT2D eigenvalue weighted by Gasteiger charge is -2.42. The molecule has 5 heteroatoms. The van der Waals surface area contributed by atoms with Crippen molar-refractivity contribution in [3.63, 3.8) is 0 Å². The van der Waals surface area contributed by atoms with Gasteiger partial charge in [-0.05, 0) is 36.8 Å². The standard InChI is InChI=1S/C24H27NO4/c26-22(20-12-7-17-29-21(20)18-8-3-1-4-9-18)25-15-13-24(14-16-25,23(27)28)19-10-5-2-6-11-19/h1-6,8-11,20-21H,7,12-17H2,(H,27,28). The molecule has 2 unspecified atom stereocenters. The lowest BCUT2D eigenvalue weighted by Crippen LogP contribution is -2.51. The van der Waals surface area contributed by atoms with Gasteiger partial charge in [0.25, 0.3) is 0 Å². The number of aliphatic carboxylic acids is 1. The minimum atomic E-state index is -0.917. The highest BCUT2D eigenvalue weighted by Gasteiger charge is 2.45. The molecular formula is C24H27NO4. The summed E-state index contributed by atoms with van der Waals surface area (Å²) in [5, 5.41) is 9.98. The predicted octanol–water partition coefficient (Wildman–Crippen LogP) is 3.80. The molecule has 2 heterocycles. The summed E-state index contributed by atoms with van der Waals surface area (Å²) < 4.78 is 6.00. The van der Waals surface area contributed by atoms with Gasteiger partial charge < -0.3 is 14.7 Å². The van der Waals surface area contributed by atoms with E-state index >= 15 is 0 Å². The van der Waals surface area contributed by atoms with Gasteiger partial charge in [-0.25, -0.2) is 0 Å². The first-order chi connectivity index (χ1) is 14.1. The number of carbonyl (C=O) groups excluding carboxylic acids is 1. The zero-order chi connectivity index (χ0) is 20.3. The normalized spacial score (nSPS) is 24.1. The molecule has 0 aromatic heterocycles. The maximum atomic E-state index is 13.4. The van der Waals surface area contributed by atoms with E-state index in [1.165, 1.54) is 0 Å². The van der Waals surface area contributed by atoms with Crippen molar-refractivity contribution in [3.8, 4) is 0 Å². The Morgan fingerprint density at radius 1 is 0.966 bits per heavy atom. The first-order valence-corrected chi connectivity index (χ1v) is 10.4. The molecule has 29 heavy (non-hydrogen) atoms. The van der Waals surface area contributed by atoms with Gasteiger partial charge in [0.1, 0.15) is 0 Å². The third-order valence-electron chi connectivity index (χ3n) is 6.43. The van der Waals surface area contributed by atoms with E-state index in [9.17, 15) is 14.7 Å². The van der Waals surface area contributed by atoms with E-state index in [0.29, 0.717) is 32.5 Å². The molecule has 1 N–H and O–H groups in total. The number of amides is 1. The molecule has 0 bridgehead atoms. The summed E-state index contributed by atoms with van der Waals surface area (Å²) in [5.41, 5.74) is 0.939. The Labute approximate surface area is 171 Å². The number of benzene rings is 2. The van der Waals surface area contributed by atoms with Crippen LogP contribution in [-0.2, 0) is 19.7 Å². The van der Waals surface area contributed by atoms with Gasteiger partial charge in [-0.15, -0.1) is 0 Å². The molecule has 4 rings (SSSR count).